The Kier molecular flexibility index (Phi) is 5.23. The van der Waals surface area contributed by atoms with Crippen LogP contribution in [-0.4, -0.2) is 32.0 Å². The average molecular weight is 266 g/mol. The van der Waals surface area contributed by atoms with Crippen LogP contribution in [0.5, 0.6) is 0 Å². The fourth-order valence-electron chi connectivity index (χ4n) is 1.60. The highest BCUT2D eigenvalue weighted by Gasteiger charge is 2.13. The Hall–Kier alpha value is -2.18. The Morgan fingerprint density at radius 2 is 2.26 bits per heavy atom. The van der Waals surface area contributed by atoms with Gasteiger partial charge in [-0.25, -0.2) is 4.68 Å². The second-order valence-electron chi connectivity index (χ2n) is 4.58. The van der Waals surface area contributed by atoms with Crippen molar-refractivity contribution in [2.45, 2.75) is 33.4 Å². The predicted octanol–water partition coefficient (Wildman–Crippen LogP) is 0.581. The van der Waals surface area contributed by atoms with Crippen LogP contribution in [0.25, 0.3) is 0 Å². The molecule has 19 heavy (non-hydrogen) atoms. The van der Waals surface area contributed by atoms with Crippen LogP contribution >= 0.6 is 0 Å². The molecule has 0 saturated heterocycles. The minimum absolute atomic E-state index is 0.0872. The molecular formula is C12H18N4O3. The summed E-state index contributed by atoms with van der Waals surface area (Å²) in [6.07, 6.45) is 2.13. The Morgan fingerprint density at radius 1 is 1.58 bits per heavy atom. The van der Waals surface area contributed by atoms with E-state index in [0.29, 0.717) is 12.1 Å². The van der Waals surface area contributed by atoms with Gasteiger partial charge in [0, 0.05) is 5.92 Å². The van der Waals surface area contributed by atoms with Crippen molar-refractivity contribution in [2.24, 2.45) is 5.92 Å². The van der Waals surface area contributed by atoms with E-state index in [4.69, 9.17) is 5.11 Å². The van der Waals surface area contributed by atoms with Gasteiger partial charge in [-0.2, -0.15) is 0 Å². The van der Waals surface area contributed by atoms with E-state index < -0.39 is 5.97 Å². The summed E-state index contributed by atoms with van der Waals surface area (Å²) in [6.45, 7) is 7.46. The minimum Gasteiger partial charge on any atom is -0.480 e. The van der Waals surface area contributed by atoms with Gasteiger partial charge < -0.3 is 10.4 Å². The van der Waals surface area contributed by atoms with Crippen LogP contribution in [0.15, 0.2) is 18.3 Å². The van der Waals surface area contributed by atoms with E-state index in [-0.39, 0.29) is 24.9 Å². The van der Waals surface area contributed by atoms with E-state index in [2.05, 4.69) is 22.2 Å². The van der Waals surface area contributed by atoms with E-state index >= 15 is 0 Å². The zero-order chi connectivity index (χ0) is 14.4. The smallest absolute Gasteiger partial charge is 0.325 e. The third-order valence-corrected chi connectivity index (χ3v) is 2.43. The molecule has 0 spiro atoms. The van der Waals surface area contributed by atoms with Crippen LogP contribution in [0.3, 0.4) is 0 Å². The standard InChI is InChI=1S/C12H18N4O3/c1-8(2)4-9(3)12(19)13-5-10-6-16(15-14-10)7-11(17)18/h6,9H,1,4-5,7H2,2-3H3,(H,13,19)(H,17,18). The Balaban J connectivity index is 2.43. The van der Waals surface area contributed by atoms with Gasteiger partial charge in [0.25, 0.3) is 0 Å². The number of allylic oxidation sites excluding steroid dienone is 1. The molecule has 0 aliphatic rings. The van der Waals surface area contributed by atoms with Gasteiger partial charge in [-0.05, 0) is 13.3 Å². The summed E-state index contributed by atoms with van der Waals surface area (Å²) in [4.78, 5) is 22.2. The van der Waals surface area contributed by atoms with Gasteiger partial charge in [0.15, 0.2) is 0 Å². The Morgan fingerprint density at radius 3 is 2.84 bits per heavy atom. The zero-order valence-electron chi connectivity index (χ0n) is 11.1. The molecule has 0 fully saturated rings. The van der Waals surface area contributed by atoms with Crippen LogP contribution in [0.1, 0.15) is 26.0 Å². The lowest BCUT2D eigenvalue weighted by molar-refractivity contribution is -0.138. The van der Waals surface area contributed by atoms with Crippen LogP contribution in [0.4, 0.5) is 0 Å². The molecule has 0 bridgehead atoms. The molecule has 0 aliphatic carbocycles. The largest absolute Gasteiger partial charge is 0.480 e. The molecule has 1 aromatic rings. The maximum atomic E-state index is 11.7. The number of amides is 1. The first kappa shape index (κ1) is 14.9. The molecule has 1 aromatic heterocycles. The number of carbonyl (C=O) groups excluding carboxylic acids is 1. The van der Waals surface area contributed by atoms with Gasteiger partial charge in [-0.1, -0.05) is 17.7 Å². The summed E-state index contributed by atoms with van der Waals surface area (Å²) in [5.74, 6) is -1.22. The molecule has 7 nitrogen and oxygen atoms in total. The summed E-state index contributed by atoms with van der Waals surface area (Å²) in [6, 6.07) is 0. The maximum absolute atomic E-state index is 11.7. The van der Waals surface area contributed by atoms with Crippen molar-refractivity contribution in [1.29, 1.82) is 0 Å². The fourth-order valence-corrected chi connectivity index (χ4v) is 1.60. The SMILES string of the molecule is C=C(C)CC(C)C(=O)NCc1cn(CC(=O)O)nn1. The molecule has 1 rings (SSSR count). The number of aromatic nitrogens is 3. The summed E-state index contributed by atoms with van der Waals surface area (Å²) in [7, 11) is 0. The van der Waals surface area contributed by atoms with E-state index in [1.54, 1.807) is 0 Å². The molecule has 1 atom stereocenters. The highest BCUT2D eigenvalue weighted by molar-refractivity contribution is 5.78. The van der Waals surface area contributed by atoms with E-state index in [0.717, 1.165) is 5.57 Å². The third kappa shape index (κ3) is 5.33. The van der Waals surface area contributed by atoms with Crippen molar-refractivity contribution in [2.75, 3.05) is 0 Å². The highest BCUT2D eigenvalue weighted by Crippen LogP contribution is 2.08. The lowest BCUT2D eigenvalue weighted by Crippen LogP contribution is -2.29. The first-order valence-corrected chi connectivity index (χ1v) is 5.91. The van der Waals surface area contributed by atoms with Gasteiger partial charge in [-0.15, -0.1) is 11.7 Å². The number of carboxylic acid groups (broad SMARTS) is 1. The van der Waals surface area contributed by atoms with Crippen molar-refractivity contribution in [3.05, 3.63) is 24.0 Å². The number of nitrogens with one attached hydrogen (secondary N) is 1. The van der Waals surface area contributed by atoms with Crippen LogP contribution in [0, 0.1) is 5.92 Å². The molecule has 1 amide bonds. The number of hydrogen-bond acceptors (Lipinski definition) is 4. The lowest BCUT2D eigenvalue weighted by Gasteiger charge is -2.10. The van der Waals surface area contributed by atoms with E-state index in [1.807, 2.05) is 13.8 Å². The van der Waals surface area contributed by atoms with Crippen molar-refractivity contribution < 1.29 is 14.7 Å². The lowest BCUT2D eigenvalue weighted by atomic mass is 10.0. The highest BCUT2D eigenvalue weighted by atomic mass is 16.4. The number of hydrogen-bond donors (Lipinski definition) is 2. The molecule has 0 saturated carbocycles. The van der Waals surface area contributed by atoms with Crippen molar-refractivity contribution in [3.8, 4) is 0 Å². The summed E-state index contributed by atoms with van der Waals surface area (Å²) in [5, 5.41) is 18.7. The van der Waals surface area contributed by atoms with Gasteiger partial charge >= 0.3 is 5.97 Å². The quantitative estimate of drug-likeness (QED) is 0.704. The molecular weight excluding hydrogens is 248 g/mol. The molecule has 0 aliphatic heterocycles. The van der Waals surface area contributed by atoms with Crippen molar-refractivity contribution >= 4 is 11.9 Å². The van der Waals surface area contributed by atoms with Crippen LogP contribution in [-0.2, 0) is 22.7 Å². The molecule has 0 aromatic carbocycles. The minimum atomic E-state index is -0.990. The number of rotatable bonds is 7. The normalized spacial score (nSPS) is 11.9. The maximum Gasteiger partial charge on any atom is 0.325 e. The van der Waals surface area contributed by atoms with Crippen LogP contribution in [0.2, 0.25) is 0 Å². The number of carboxylic acids is 1. The van der Waals surface area contributed by atoms with Crippen LogP contribution < -0.4 is 5.32 Å². The summed E-state index contributed by atoms with van der Waals surface area (Å²) in [5.41, 5.74) is 1.48. The molecule has 104 valence electrons. The monoisotopic (exact) mass is 266 g/mol. The second-order valence-corrected chi connectivity index (χ2v) is 4.58. The number of carbonyl (C=O) groups is 2. The van der Waals surface area contributed by atoms with Gasteiger partial charge in [0.05, 0.1) is 12.7 Å². The fraction of sp³-hybridized carbons (Fsp3) is 0.500. The molecule has 7 heteroatoms. The number of aliphatic carboxylic acids is 1. The van der Waals surface area contributed by atoms with Crippen molar-refractivity contribution in [3.63, 3.8) is 0 Å². The van der Waals surface area contributed by atoms with E-state index in [1.165, 1.54) is 10.9 Å². The van der Waals surface area contributed by atoms with E-state index in [9.17, 15) is 9.59 Å². The zero-order valence-corrected chi connectivity index (χ0v) is 11.1. The molecule has 1 heterocycles. The second kappa shape index (κ2) is 6.67. The topological polar surface area (TPSA) is 97.1 Å². The number of nitrogens with zero attached hydrogens (tertiary/aromatic N) is 3. The molecule has 1 unspecified atom stereocenters. The van der Waals surface area contributed by atoms with Gasteiger partial charge in [-0.3, -0.25) is 9.59 Å². The van der Waals surface area contributed by atoms with Gasteiger partial charge in [0.1, 0.15) is 12.2 Å². The summed E-state index contributed by atoms with van der Waals surface area (Å²) >= 11 is 0. The first-order valence-electron chi connectivity index (χ1n) is 5.91. The van der Waals surface area contributed by atoms with Crippen molar-refractivity contribution in [1.82, 2.24) is 20.3 Å². The average Bonchev–Trinajstić information content (AvgIpc) is 2.71. The third-order valence-electron chi connectivity index (χ3n) is 2.43. The molecule has 2 N–H and O–H groups in total. The Labute approximate surface area is 111 Å². The summed E-state index contributed by atoms with van der Waals surface area (Å²) < 4.78 is 1.21. The Bertz CT molecular complexity index is 481. The predicted molar refractivity (Wildman–Crippen MR) is 68.1 cm³/mol. The first-order chi connectivity index (χ1) is 8.88. The molecule has 0 radical (unpaired) electrons. The van der Waals surface area contributed by atoms with Gasteiger partial charge in [0.2, 0.25) is 5.91 Å².